The standard InChI is InChI=1S/C13H19ClN4O3S/c1-2-22(20,21)18-5-3-4-9(8-18)13(19)17-12-6-10(14)11(15)7-16-12/h6-7,9H,2-5,8,15H2,1H3,(H,16,17,19). The van der Waals surface area contributed by atoms with Gasteiger partial charge in [0.15, 0.2) is 0 Å². The van der Waals surface area contributed by atoms with Crippen LogP contribution in [0.15, 0.2) is 12.3 Å². The van der Waals surface area contributed by atoms with Gasteiger partial charge in [0.25, 0.3) is 0 Å². The second-order valence-corrected chi connectivity index (χ2v) is 7.84. The molecule has 0 aliphatic carbocycles. The number of hydrogen-bond acceptors (Lipinski definition) is 5. The van der Waals surface area contributed by atoms with Crippen molar-refractivity contribution in [1.29, 1.82) is 0 Å². The average molecular weight is 347 g/mol. The predicted octanol–water partition coefficient (Wildman–Crippen LogP) is 1.32. The number of hydrogen-bond donors (Lipinski definition) is 2. The number of amides is 1. The third kappa shape index (κ3) is 3.88. The topological polar surface area (TPSA) is 105 Å². The molecule has 7 nitrogen and oxygen atoms in total. The van der Waals surface area contributed by atoms with Crippen molar-refractivity contribution in [2.24, 2.45) is 5.92 Å². The van der Waals surface area contributed by atoms with Crippen molar-refractivity contribution in [2.45, 2.75) is 19.8 Å². The minimum Gasteiger partial charge on any atom is -0.396 e. The van der Waals surface area contributed by atoms with Gasteiger partial charge in [-0.1, -0.05) is 11.6 Å². The van der Waals surface area contributed by atoms with Crippen molar-refractivity contribution >= 4 is 39.0 Å². The van der Waals surface area contributed by atoms with E-state index >= 15 is 0 Å². The molecule has 2 rings (SSSR count). The lowest BCUT2D eigenvalue weighted by Crippen LogP contribution is -2.44. The molecule has 122 valence electrons. The predicted molar refractivity (Wildman–Crippen MR) is 86.0 cm³/mol. The third-order valence-corrected chi connectivity index (χ3v) is 5.82. The number of sulfonamides is 1. The van der Waals surface area contributed by atoms with Crippen molar-refractivity contribution in [3.05, 3.63) is 17.3 Å². The molecule has 1 aliphatic heterocycles. The lowest BCUT2D eigenvalue weighted by Gasteiger charge is -2.30. The minimum absolute atomic E-state index is 0.0382. The summed E-state index contributed by atoms with van der Waals surface area (Å²) in [4.78, 5) is 16.3. The van der Waals surface area contributed by atoms with Gasteiger partial charge in [0.05, 0.1) is 28.6 Å². The molecule has 0 aromatic carbocycles. The first-order chi connectivity index (χ1) is 10.3. The average Bonchev–Trinajstić information content (AvgIpc) is 2.51. The lowest BCUT2D eigenvalue weighted by molar-refractivity contribution is -0.120. The van der Waals surface area contributed by atoms with Gasteiger partial charge in [0, 0.05) is 19.2 Å². The summed E-state index contributed by atoms with van der Waals surface area (Å²) in [6, 6.07) is 1.47. The fourth-order valence-corrected chi connectivity index (χ4v) is 3.66. The molecule has 1 aromatic rings. The highest BCUT2D eigenvalue weighted by atomic mass is 35.5. The number of nitrogens with one attached hydrogen (secondary N) is 1. The van der Waals surface area contributed by atoms with E-state index < -0.39 is 15.9 Å². The van der Waals surface area contributed by atoms with Crippen molar-refractivity contribution in [3.63, 3.8) is 0 Å². The Labute approximate surface area is 134 Å². The molecule has 1 aliphatic rings. The molecule has 1 saturated heterocycles. The van der Waals surface area contributed by atoms with Gasteiger partial charge in [0.2, 0.25) is 15.9 Å². The summed E-state index contributed by atoms with van der Waals surface area (Å²) < 4.78 is 25.2. The fraction of sp³-hybridized carbons (Fsp3) is 0.538. The van der Waals surface area contributed by atoms with E-state index in [4.69, 9.17) is 17.3 Å². The van der Waals surface area contributed by atoms with Gasteiger partial charge in [-0.05, 0) is 19.8 Å². The fourth-order valence-electron chi connectivity index (χ4n) is 2.33. The summed E-state index contributed by atoms with van der Waals surface area (Å²) in [5.74, 6) is -0.312. The van der Waals surface area contributed by atoms with Gasteiger partial charge in [0.1, 0.15) is 5.82 Å². The summed E-state index contributed by atoms with van der Waals surface area (Å²) in [5.41, 5.74) is 5.89. The van der Waals surface area contributed by atoms with Gasteiger partial charge >= 0.3 is 0 Å². The molecule has 0 saturated carbocycles. The maximum absolute atomic E-state index is 12.3. The van der Waals surface area contributed by atoms with E-state index in [0.717, 1.165) is 0 Å². The number of pyridine rings is 1. The number of aromatic nitrogens is 1. The monoisotopic (exact) mass is 346 g/mol. The van der Waals surface area contributed by atoms with Crippen LogP contribution in [-0.4, -0.2) is 42.5 Å². The van der Waals surface area contributed by atoms with E-state index in [1.54, 1.807) is 6.92 Å². The Hall–Kier alpha value is -1.38. The number of carbonyl (C=O) groups is 1. The SMILES string of the molecule is CCS(=O)(=O)N1CCCC(C(=O)Nc2cc(Cl)c(N)cn2)C1. The molecule has 1 fully saturated rings. The Morgan fingerprint density at radius 2 is 2.32 bits per heavy atom. The molecule has 0 bridgehead atoms. The number of nitrogen functional groups attached to an aromatic ring is 1. The van der Waals surface area contributed by atoms with Crippen LogP contribution in [0.3, 0.4) is 0 Å². The van der Waals surface area contributed by atoms with Gasteiger partial charge in [-0.25, -0.2) is 17.7 Å². The third-order valence-electron chi connectivity index (χ3n) is 3.65. The van der Waals surface area contributed by atoms with E-state index in [9.17, 15) is 13.2 Å². The summed E-state index contributed by atoms with van der Waals surface area (Å²) in [7, 11) is -3.27. The number of anilines is 2. The molecule has 1 aromatic heterocycles. The van der Waals surface area contributed by atoms with E-state index in [1.165, 1.54) is 16.6 Å². The first-order valence-corrected chi connectivity index (χ1v) is 9.02. The quantitative estimate of drug-likeness (QED) is 0.855. The molecule has 0 radical (unpaired) electrons. The highest BCUT2D eigenvalue weighted by molar-refractivity contribution is 7.89. The molecule has 0 spiro atoms. The molecular weight excluding hydrogens is 328 g/mol. The molecule has 9 heteroatoms. The smallest absolute Gasteiger partial charge is 0.229 e. The Bertz CT molecular complexity index is 665. The zero-order valence-corrected chi connectivity index (χ0v) is 13.8. The Kier molecular flexibility index (Phi) is 5.25. The Balaban J connectivity index is 2.04. The van der Waals surface area contributed by atoms with Crippen molar-refractivity contribution < 1.29 is 13.2 Å². The minimum atomic E-state index is -3.27. The Morgan fingerprint density at radius 1 is 1.59 bits per heavy atom. The van der Waals surface area contributed by atoms with Crippen LogP contribution < -0.4 is 11.1 Å². The summed E-state index contributed by atoms with van der Waals surface area (Å²) in [5, 5.41) is 2.97. The lowest BCUT2D eigenvalue weighted by atomic mass is 9.99. The molecular formula is C13H19ClN4O3S. The van der Waals surface area contributed by atoms with Crippen LogP contribution in [0.25, 0.3) is 0 Å². The van der Waals surface area contributed by atoms with E-state index in [0.29, 0.717) is 35.9 Å². The van der Waals surface area contributed by atoms with Gasteiger partial charge in [-0.2, -0.15) is 0 Å². The number of piperidine rings is 1. The number of carbonyl (C=O) groups excluding carboxylic acids is 1. The molecule has 22 heavy (non-hydrogen) atoms. The number of nitrogens with two attached hydrogens (primary N) is 1. The highest BCUT2D eigenvalue weighted by Crippen LogP contribution is 2.23. The van der Waals surface area contributed by atoms with E-state index in [2.05, 4.69) is 10.3 Å². The van der Waals surface area contributed by atoms with Crippen LogP contribution in [0, 0.1) is 5.92 Å². The van der Waals surface area contributed by atoms with Crippen LogP contribution in [-0.2, 0) is 14.8 Å². The largest absolute Gasteiger partial charge is 0.396 e. The zero-order valence-electron chi connectivity index (χ0n) is 12.3. The molecule has 1 amide bonds. The maximum Gasteiger partial charge on any atom is 0.229 e. The van der Waals surface area contributed by atoms with E-state index in [-0.39, 0.29) is 18.2 Å². The second-order valence-electron chi connectivity index (χ2n) is 5.18. The summed E-state index contributed by atoms with van der Waals surface area (Å²) in [6.07, 6.45) is 2.67. The van der Waals surface area contributed by atoms with Gasteiger partial charge in [-0.15, -0.1) is 0 Å². The van der Waals surface area contributed by atoms with Crippen molar-refractivity contribution in [2.75, 3.05) is 29.9 Å². The van der Waals surface area contributed by atoms with Gasteiger partial charge < -0.3 is 11.1 Å². The first-order valence-electron chi connectivity index (χ1n) is 7.03. The van der Waals surface area contributed by atoms with Crippen LogP contribution in [0.4, 0.5) is 11.5 Å². The highest BCUT2D eigenvalue weighted by Gasteiger charge is 2.31. The van der Waals surface area contributed by atoms with E-state index in [1.807, 2.05) is 0 Å². The normalized spacial score (nSPS) is 19.8. The number of nitrogens with zero attached hydrogens (tertiary/aromatic N) is 2. The second kappa shape index (κ2) is 6.80. The van der Waals surface area contributed by atoms with Crippen LogP contribution >= 0.6 is 11.6 Å². The van der Waals surface area contributed by atoms with Crippen LogP contribution in [0.1, 0.15) is 19.8 Å². The number of rotatable bonds is 4. The molecule has 1 atom stereocenters. The van der Waals surface area contributed by atoms with Crippen LogP contribution in [0.5, 0.6) is 0 Å². The van der Waals surface area contributed by atoms with Crippen molar-refractivity contribution in [1.82, 2.24) is 9.29 Å². The number of halogens is 1. The van der Waals surface area contributed by atoms with Crippen LogP contribution in [0.2, 0.25) is 5.02 Å². The Morgan fingerprint density at radius 3 is 2.95 bits per heavy atom. The maximum atomic E-state index is 12.3. The van der Waals surface area contributed by atoms with Crippen molar-refractivity contribution in [3.8, 4) is 0 Å². The first kappa shape index (κ1) is 17.0. The molecule has 3 N–H and O–H groups in total. The van der Waals surface area contributed by atoms with Gasteiger partial charge in [-0.3, -0.25) is 4.79 Å². The molecule has 1 unspecified atom stereocenters. The summed E-state index contributed by atoms with van der Waals surface area (Å²) in [6.45, 7) is 2.26. The zero-order chi connectivity index (χ0) is 16.3. The summed E-state index contributed by atoms with van der Waals surface area (Å²) >= 11 is 5.88. The molecule has 2 heterocycles.